The van der Waals surface area contributed by atoms with E-state index in [1.807, 2.05) is 0 Å². The van der Waals surface area contributed by atoms with Crippen molar-refractivity contribution in [1.82, 2.24) is 0 Å². The van der Waals surface area contributed by atoms with Gasteiger partial charge in [0.25, 0.3) is 0 Å². The van der Waals surface area contributed by atoms with Gasteiger partial charge in [-0.05, 0) is 51.6 Å². The van der Waals surface area contributed by atoms with Gasteiger partial charge in [-0.15, -0.1) is 0 Å². The Labute approximate surface area is 128 Å². The van der Waals surface area contributed by atoms with Crippen molar-refractivity contribution in [2.45, 2.75) is 26.2 Å². The number of halogens is 2. The van der Waals surface area contributed by atoms with Gasteiger partial charge >= 0.3 is 5.69 Å². The third-order valence-electron chi connectivity index (χ3n) is 2.20. The lowest BCUT2D eigenvalue weighted by atomic mass is 10.2. The molecule has 0 aliphatic rings. The van der Waals surface area contributed by atoms with Gasteiger partial charge < -0.3 is 4.74 Å². The van der Waals surface area contributed by atoms with Crippen molar-refractivity contribution < 1.29 is 9.66 Å². The monoisotopic (exact) mass is 461 g/mol. The number of nitro benzene ring substituents is 1. The molecule has 0 saturated heterocycles. The van der Waals surface area contributed by atoms with Crippen LogP contribution in [-0.4, -0.2) is 11.5 Å². The molecule has 1 aromatic carbocycles. The summed E-state index contributed by atoms with van der Waals surface area (Å²) < 4.78 is 7.33. The first-order chi connectivity index (χ1) is 8.06. The van der Waals surface area contributed by atoms with Crippen molar-refractivity contribution >= 4 is 50.9 Å². The molecule has 0 saturated carbocycles. The Bertz CT molecular complexity index is 410. The number of unbranched alkanes of at least 4 members (excludes halogenated alkanes) is 2. The summed E-state index contributed by atoms with van der Waals surface area (Å²) in [5, 5.41) is 10.9. The standard InChI is InChI=1S/C11H13I2NO3/c1-2-3-4-5-17-11-7-9(13)8(12)6-10(11)14(15)16/h6-7H,2-5H2,1H3. The Morgan fingerprint density at radius 2 is 1.94 bits per heavy atom. The minimum absolute atomic E-state index is 0.0475. The molecule has 0 spiro atoms. The Kier molecular flexibility index (Phi) is 6.45. The third-order valence-corrected chi connectivity index (χ3v) is 5.02. The van der Waals surface area contributed by atoms with Gasteiger partial charge in [0, 0.05) is 19.3 Å². The zero-order chi connectivity index (χ0) is 12.8. The predicted octanol–water partition coefficient (Wildman–Crippen LogP) is 4.37. The maximum Gasteiger partial charge on any atom is 0.312 e. The molecule has 0 fully saturated rings. The van der Waals surface area contributed by atoms with Crippen molar-refractivity contribution in [3.05, 3.63) is 29.4 Å². The van der Waals surface area contributed by atoms with Crippen LogP contribution in [0.25, 0.3) is 0 Å². The summed E-state index contributed by atoms with van der Waals surface area (Å²) in [6, 6.07) is 3.28. The van der Waals surface area contributed by atoms with Gasteiger partial charge in [-0.1, -0.05) is 19.8 Å². The molecule has 4 nitrogen and oxygen atoms in total. The maximum absolute atomic E-state index is 10.9. The molecule has 17 heavy (non-hydrogen) atoms. The largest absolute Gasteiger partial charge is 0.487 e. The second-order valence-corrected chi connectivity index (χ2v) is 5.87. The highest BCUT2D eigenvalue weighted by Gasteiger charge is 2.17. The van der Waals surface area contributed by atoms with E-state index in [0.29, 0.717) is 12.4 Å². The molecule has 0 unspecified atom stereocenters. The average molecular weight is 461 g/mol. The van der Waals surface area contributed by atoms with Gasteiger partial charge in [-0.2, -0.15) is 0 Å². The summed E-state index contributed by atoms with van der Waals surface area (Å²) in [6.45, 7) is 2.64. The van der Waals surface area contributed by atoms with Crippen LogP contribution in [0.3, 0.4) is 0 Å². The number of ether oxygens (including phenoxy) is 1. The van der Waals surface area contributed by atoms with E-state index in [4.69, 9.17) is 4.74 Å². The average Bonchev–Trinajstić information content (AvgIpc) is 2.28. The zero-order valence-electron chi connectivity index (χ0n) is 9.41. The number of nitrogens with zero attached hydrogens (tertiary/aromatic N) is 1. The van der Waals surface area contributed by atoms with Gasteiger partial charge in [0.05, 0.1) is 11.5 Å². The molecule has 0 bridgehead atoms. The minimum Gasteiger partial charge on any atom is -0.487 e. The number of benzene rings is 1. The molecule has 94 valence electrons. The summed E-state index contributed by atoms with van der Waals surface area (Å²) in [5.74, 6) is 0.371. The second kappa shape index (κ2) is 7.34. The van der Waals surface area contributed by atoms with Gasteiger partial charge in [0.1, 0.15) is 0 Å². The highest BCUT2D eigenvalue weighted by Crippen LogP contribution is 2.32. The van der Waals surface area contributed by atoms with Crippen molar-refractivity contribution in [3.63, 3.8) is 0 Å². The van der Waals surface area contributed by atoms with Crippen LogP contribution in [0.1, 0.15) is 26.2 Å². The SMILES string of the molecule is CCCCCOc1cc(I)c(I)cc1[N+](=O)[O-]. The van der Waals surface area contributed by atoms with Gasteiger partial charge in [-0.3, -0.25) is 10.1 Å². The fourth-order valence-electron chi connectivity index (χ4n) is 1.31. The molecular formula is C11H13I2NO3. The van der Waals surface area contributed by atoms with E-state index in [-0.39, 0.29) is 5.69 Å². The van der Waals surface area contributed by atoms with E-state index in [9.17, 15) is 10.1 Å². The molecule has 0 aromatic heterocycles. The summed E-state index contributed by atoms with van der Waals surface area (Å²) >= 11 is 4.23. The van der Waals surface area contributed by atoms with E-state index in [0.717, 1.165) is 26.4 Å². The lowest BCUT2D eigenvalue weighted by molar-refractivity contribution is -0.386. The Morgan fingerprint density at radius 1 is 1.29 bits per heavy atom. The van der Waals surface area contributed by atoms with Gasteiger partial charge in [-0.25, -0.2) is 0 Å². The smallest absolute Gasteiger partial charge is 0.312 e. The van der Waals surface area contributed by atoms with Crippen molar-refractivity contribution in [3.8, 4) is 5.75 Å². The topological polar surface area (TPSA) is 52.4 Å². The molecule has 0 atom stereocenters. The normalized spacial score (nSPS) is 10.3. The predicted molar refractivity (Wildman–Crippen MR) is 83.6 cm³/mol. The molecular weight excluding hydrogens is 448 g/mol. The minimum atomic E-state index is -0.395. The first kappa shape index (κ1) is 14.9. The zero-order valence-corrected chi connectivity index (χ0v) is 13.7. The molecule has 0 N–H and O–H groups in total. The third kappa shape index (κ3) is 4.57. The van der Waals surface area contributed by atoms with Crippen LogP contribution in [0.4, 0.5) is 5.69 Å². The van der Waals surface area contributed by atoms with Crippen molar-refractivity contribution in [2.75, 3.05) is 6.61 Å². The summed E-state index contributed by atoms with van der Waals surface area (Å²) in [4.78, 5) is 10.5. The fourth-order valence-corrected chi connectivity index (χ4v) is 2.20. The number of nitro groups is 1. The molecule has 0 aliphatic heterocycles. The summed E-state index contributed by atoms with van der Waals surface area (Å²) in [5.41, 5.74) is 0.0475. The Hall–Kier alpha value is -0.120. The fraction of sp³-hybridized carbons (Fsp3) is 0.455. The van der Waals surface area contributed by atoms with Crippen LogP contribution in [0.15, 0.2) is 12.1 Å². The molecule has 1 aromatic rings. The Balaban J connectivity index is 2.81. The summed E-state index contributed by atoms with van der Waals surface area (Å²) in [6.07, 6.45) is 3.11. The van der Waals surface area contributed by atoms with Crippen molar-refractivity contribution in [1.29, 1.82) is 0 Å². The van der Waals surface area contributed by atoms with Crippen LogP contribution in [0.2, 0.25) is 0 Å². The van der Waals surface area contributed by atoms with Crippen molar-refractivity contribution in [2.24, 2.45) is 0 Å². The lowest BCUT2D eigenvalue weighted by Gasteiger charge is -2.07. The summed E-state index contributed by atoms with van der Waals surface area (Å²) in [7, 11) is 0. The second-order valence-electron chi connectivity index (χ2n) is 3.55. The maximum atomic E-state index is 10.9. The Morgan fingerprint density at radius 3 is 2.53 bits per heavy atom. The van der Waals surface area contributed by atoms with Crippen LogP contribution in [-0.2, 0) is 0 Å². The van der Waals surface area contributed by atoms with Crippen LogP contribution in [0.5, 0.6) is 5.75 Å². The van der Waals surface area contributed by atoms with Crippen LogP contribution < -0.4 is 4.74 Å². The molecule has 0 aliphatic carbocycles. The van der Waals surface area contributed by atoms with Gasteiger partial charge in [0.2, 0.25) is 0 Å². The van der Waals surface area contributed by atoms with E-state index in [1.54, 1.807) is 12.1 Å². The number of hydrogen-bond donors (Lipinski definition) is 0. The first-order valence-corrected chi connectivity index (χ1v) is 7.48. The first-order valence-electron chi connectivity index (χ1n) is 5.32. The molecule has 1 rings (SSSR count). The highest BCUT2D eigenvalue weighted by molar-refractivity contribution is 14.1. The number of rotatable bonds is 6. The van der Waals surface area contributed by atoms with Crippen LogP contribution in [0, 0.1) is 17.3 Å². The van der Waals surface area contributed by atoms with E-state index < -0.39 is 4.92 Å². The number of hydrogen-bond acceptors (Lipinski definition) is 3. The molecule has 0 heterocycles. The van der Waals surface area contributed by atoms with E-state index in [2.05, 4.69) is 52.1 Å². The molecule has 0 amide bonds. The van der Waals surface area contributed by atoms with E-state index in [1.165, 1.54) is 0 Å². The molecule has 0 radical (unpaired) electrons. The molecule has 6 heteroatoms. The van der Waals surface area contributed by atoms with Gasteiger partial charge in [0.15, 0.2) is 5.75 Å². The van der Waals surface area contributed by atoms with E-state index >= 15 is 0 Å². The lowest BCUT2D eigenvalue weighted by Crippen LogP contribution is -2.01. The highest BCUT2D eigenvalue weighted by atomic mass is 127. The quantitative estimate of drug-likeness (QED) is 0.274. The van der Waals surface area contributed by atoms with Crippen LogP contribution >= 0.6 is 45.2 Å².